The zero-order valence-electron chi connectivity index (χ0n) is 9.04. The van der Waals surface area contributed by atoms with E-state index in [1.165, 1.54) is 0 Å². The summed E-state index contributed by atoms with van der Waals surface area (Å²) < 4.78 is 10.9. The number of hydrogen-bond donors (Lipinski definition) is 0. The van der Waals surface area contributed by atoms with Gasteiger partial charge in [0.2, 0.25) is 0 Å². The lowest BCUT2D eigenvalue weighted by Gasteiger charge is -2.17. The highest BCUT2D eigenvalue weighted by Gasteiger charge is 2.10. The van der Waals surface area contributed by atoms with Crippen LogP contribution in [-0.4, -0.2) is 19.5 Å². The van der Waals surface area contributed by atoms with Crippen molar-refractivity contribution < 1.29 is 9.47 Å². The van der Waals surface area contributed by atoms with Crippen LogP contribution in [0.4, 0.5) is 0 Å². The molecule has 0 aromatic rings. The zero-order chi connectivity index (χ0) is 10.1. The maximum Gasteiger partial charge on any atom is 0.183 e. The van der Waals surface area contributed by atoms with Crippen LogP contribution in [0.5, 0.6) is 0 Å². The van der Waals surface area contributed by atoms with Crippen LogP contribution in [0.1, 0.15) is 27.7 Å². The van der Waals surface area contributed by atoms with Crippen molar-refractivity contribution in [1.29, 1.82) is 0 Å². The van der Waals surface area contributed by atoms with Crippen LogP contribution in [0.15, 0.2) is 23.8 Å². The smallest absolute Gasteiger partial charge is 0.183 e. The zero-order valence-corrected chi connectivity index (χ0v) is 9.04. The van der Waals surface area contributed by atoms with Crippen molar-refractivity contribution >= 4 is 0 Å². The molecule has 0 spiro atoms. The van der Waals surface area contributed by atoms with Crippen LogP contribution >= 0.6 is 0 Å². The summed E-state index contributed by atoms with van der Waals surface area (Å²) in [5.41, 5.74) is 1.08. The molecule has 0 bridgehead atoms. The van der Waals surface area contributed by atoms with Crippen LogP contribution < -0.4 is 0 Å². The summed E-state index contributed by atoms with van der Waals surface area (Å²) in [6.07, 6.45) is 5.79. The normalized spacial score (nSPS) is 13.2. The molecule has 0 fully saturated rings. The van der Waals surface area contributed by atoms with Gasteiger partial charge in [-0.15, -0.1) is 0 Å². The van der Waals surface area contributed by atoms with E-state index in [4.69, 9.17) is 9.47 Å². The molecule has 2 heteroatoms. The van der Waals surface area contributed by atoms with E-state index in [1.807, 2.05) is 45.9 Å². The predicted octanol–water partition coefficient (Wildman–Crippen LogP) is 2.91. The fraction of sp³-hybridized carbons (Fsp3) is 0.636. The first-order chi connectivity index (χ1) is 6.29. The van der Waals surface area contributed by atoms with Gasteiger partial charge in [0.15, 0.2) is 6.29 Å². The van der Waals surface area contributed by atoms with Gasteiger partial charge >= 0.3 is 0 Å². The highest BCUT2D eigenvalue weighted by atomic mass is 16.7. The van der Waals surface area contributed by atoms with E-state index in [0.717, 1.165) is 5.57 Å². The first-order valence-electron chi connectivity index (χ1n) is 4.82. The highest BCUT2D eigenvalue weighted by molar-refractivity contribution is 5.20. The third kappa shape index (κ3) is 4.86. The summed E-state index contributed by atoms with van der Waals surface area (Å²) in [4.78, 5) is 0. The molecule has 0 aromatic carbocycles. The first-order valence-corrected chi connectivity index (χ1v) is 4.82. The Bertz CT molecular complexity index is 165. The molecule has 0 aromatic heterocycles. The number of hydrogen-bond acceptors (Lipinski definition) is 2. The largest absolute Gasteiger partial charge is 0.349 e. The van der Waals surface area contributed by atoms with Gasteiger partial charge in [0.25, 0.3) is 0 Å². The maximum atomic E-state index is 5.45. The Balaban J connectivity index is 4.30. The Morgan fingerprint density at radius 1 is 1.15 bits per heavy atom. The number of ether oxygens (including phenoxy) is 2. The molecule has 76 valence electrons. The standard InChI is InChI=1S/C11H20O2/c1-5-9-10(6-2)11(12-7-3)13-8-4/h5-6,9,11H,7-8H2,1-4H3. The molecular formula is C11H20O2. The van der Waals surface area contributed by atoms with Gasteiger partial charge < -0.3 is 9.47 Å². The van der Waals surface area contributed by atoms with Crippen LogP contribution in [0.3, 0.4) is 0 Å². The fourth-order valence-electron chi connectivity index (χ4n) is 1.05. The average molecular weight is 184 g/mol. The second kappa shape index (κ2) is 8.02. The van der Waals surface area contributed by atoms with Gasteiger partial charge in [0, 0.05) is 18.8 Å². The van der Waals surface area contributed by atoms with Crippen molar-refractivity contribution in [2.75, 3.05) is 13.2 Å². The van der Waals surface area contributed by atoms with Crippen molar-refractivity contribution in [1.82, 2.24) is 0 Å². The van der Waals surface area contributed by atoms with Crippen LogP contribution in [-0.2, 0) is 9.47 Å². The highest BCUT2D eigenvalue weighted by Crippen LogP contribution is 2.10. The molecule has 0 aliphatic carbocycles. The second-order valence-electron chi connectivity index (χ2n) is 2.53. The summed E-state index contributed by atoms with van der Waals surface area (Å²) in [6, 6.07) is 0. The quantitative estimate of drug-likeness (QED) is 0.467. The van der Waals surface area contributed by atoms with Crippen LogP contribution in [0.2, 0.25) is 0 Å². The van der Waals surface area contributed by atoms with E-state index in [1.54, 1.807) is 0 Å². The molecule has 0 amide bonds. The van der Waals surface area contributed by atoms with Gasteiger partial charge in [0.05, 0.1) is 0 Å². The second-order valence-corrected chi connectivity index (χ2v) is 2.53. The molecule has 0 unspecified atom stereocenters. The monoisotopic (exact) mass is 184 g/mol. The van der Waals surface area contributed by atoms with Gasteiger partial charge in [0.1, 0.15) is 0 Å². The van der Waals surface area contributed by atoms with Gasteiger partial charge in [-0.3, -0.25) is 0 Å². The third-order valence-electron chi connectivity index (χ3n) is 1.60. The minimum Gasteiger partial charge on any atom is -0.349 e. The minimum atomic E-state index is -0.212. The van der Waals surface area contributed by atoms with Crippen LogP contribution in [0.25, 0.3) is 0 Å². The van der Waals surface area contributed by atoms with Crippen molar-refractivity contribution in [3.8, 4) is 0 Å². The van der Waals surface area contributed by atoms with Gasteiger partial charge in [-0.1, -0.05) is 18.2 Å². The molecule has 13 heavy (non-hydrogen) atoms. The number of rotatable bonds is 6. The van der Waals surface area contributed by atoms with E-state index >= 15 is 0 Å². The molecule has 0 saturated carbocycles. The lowest BCUT2D eigenvalue weighted by molar-refractivity contribution is -0.109. The third-order valence-corrected chi connectivity index (χ3v) is 1.60. The lowest BCUT2D eigenvalue weighted by Crippen LogP contribution is -2.19. The molecule has 0 N–H and O–H groups in total. The molecule has 0 aliphatic rings. The molecular weight excluding hydrogens is 164 g/mol. The summed E-state index contributed by atoms with van der Waals surface area (Å²) in [7, 11) is 0. The van der Waals surface area contributed by atoms with Crippen molar-refractivity contribution in [3.05, 3.63) is 23.8 Å². The fourth-order valence-corrected chi connectivity index (χ4v) is 1.05. The van der Waals surface area contributed by atoms with Crippen molar-refractivity contribution in [3.63, 3.8) is 0 Å². The van der Waals surface area contributed by atoms with E-state index in [9.17, 15) is 0 Å². The predicted molar refractivity (Wildman–Crippen MR) is 55.6 cm³/mol. The summed E-state index contributed by atoms with van der Waals surface area (Å²) in [6.45, 7) is 9.24. The molecule has 0 saturated heterocycles. The molecule has 0 rings (SSSR count). The average Bonchev–Trinajstić information content (AvgIpc) is 2.14. The van der Waals surface area contributed by atoms with E-state index in [2.05, 4.69) is 0 Å². The van der Waals surface area contributed by atoms with Crippen molar-refractivity contribution in [2.45, 2.75) is 34.0 Å². The molecule has 0 aliphatic heterocycles. The summed E-state index contributed by atoms with van der Waals surface area (Å²) >= 11 is 0. The molecule has 2 nitrogen and oxygen atoms in total. The Labute approximate surface area is 81.2 Å². The SMILES string of the molecule is CC=CC(=CC)C(OCC)OCC. The Hall–Kier alpha value is -0.600. The van der Waals surface area contributed by atoms with Gasteiger partial charge in [-0.05, 0) is 27.7 Å². The summed E-state index contributed by atoms with van der Waals surface area (Å²) in [5, 5.41) is 0. The van der Waals surface area contributed by atoms with Gasteiger partial charge in [-0.25, -0.2) is 0 Å². The first kappa shape index (κ1) is 12.4. The Kier molecular flexibility index (Phi) is 7.65. The Morgan fingerprint density at radius 2 is 1.69 bits per heavy atom. The van der Waals surface area contributed by atoms with E-state index in [0.29, 0.717) is 13.2 Å². The number of allylic oxidation sites excluding steroid dienone is 2. The minimum absolute atomic E-state index is 0.212. The Morgan fingerprint density at radius 3 is 2.00 bits per heavy atom. The van der Waals surface area contributed by atoms with Crippen LogP contribution in [0, 0.1) is 0 Å². The van der Waals surface area contributed by atoms with E-state index < -0.39 is 0 Å². The molecule has 0 radical (unpaired) electrons. The lowest BCUT2D eigenvalue weighted by atomic mass is 10.2. The molecule has 0 heterocycles. The van der Waals surface area contributed by atoms with E-state index in [-0.39, 0.29) is 6.29 Å². The van der Waals surface area contributed by atoms with Crippen molar-refractivity contribution in [2.24, 2.45) is 0 Å². The maximum absolute atomic E-state index is 5.45. The van der Waals surface area contributed by atoms with Gasteiger partial charge in [-0.2, -0.15) is 0 Å². The summed E-state index contributed by atoms with van der Waals surface area (Å²) in [5.74, 6) is 0. The molecule has 0 atom stereocenters. The topological polar surface area (TPSA) is 18.5 Å².